The van der Waals surface area contributed by atoms with Gasteiger partial charge in [-0.05, 0) is 24.3 Å². The second kappa shape index (κ2) is 5.74. The van der Waals surface area contributed by atoms with Crippen LogP contribution in [0.25, 0.3) is 0 Å². The molecule has 2 rings (SSSR count). The van der Waals surface area contributed by atoms with Crippen molar-refractivity contribution in [2.24, 2.45) is 0 Å². The topological polar surface area (TPSA) is 69.9 Å². The lowest BCUT2D eigenvalue weighted by molar-refractivity contribution is 0.0777. The normalized spacial score (nSPS) is 9.68. The first-order valence-corrected chi connectivity index (χ1v) is 5.72. The average molecular weight is 252 g/mol. The van der Waals surface area contributed by atoms with Crippen molar-refractivity contribution in [3.8, 4) is 6.07 Å². The molecule has 0 fully saturated rings. The van der Waals surface area contributed by atoms with Gasteiger partial charge in [-0.25, -0.2) is 0 Å². The minimum absolute atomic E-state index is 0.234. The fourth-order valence-electron chi connectivity index (χ4n) is 1.62. The highest BCUT2D eigenvalue weighted by molar-refractivity contribution is 5.92. The lowest BCUT2D eigenvalue weighted by Gasteiger charge is -2.16. The molecule has 2 heterocycles. The van der Waals surface area contributed by atoms with Crippen molar-refractivity contribution in [2.45, 2.75) is 6.54 Å². The quantitative estimate of drug-likeness (QED) is 0.832. The summed E-state index contributed by atoms with van der Waals surface area (Å²) < 4.78 is 0. The zero-order valence-electron chi connectivity index (χ0n) is 10.4. The van der Waals surface area contributed by atoms with Gasteiger partial charge in [-0.1, -0.05) is 6.07 Å². The van der Waals surface area contributed by atoms with Crippen LogP contribution in [-0.4, -0.2) is 27.8 Å². The van der Waals surface area contributed by atoms with Gasteiger partial charge in [0.2, 0.25) is 0 Å². The largest absolute Gasteiger partial charge is 0.334 e. The maximum absolute atomic E-state index is 12.1. The van der Waals surface area contributed by atoms with Crippen molar-refractivity contribution >= 4 is 5.91 Å². The van der Waals surface area contributed by atoms with Gasteiger partial charge in [-0.3, -0.25) is 14.8 Å². The van der Waals surface area contributed by atoms with Crippen LogP contribution in [0.5, 0.6) is 0 Å². The van der Waals surface area contributed by atoms with Gasteiger partial charge in [0.15, 0.2) is 0 Å². The van der Waals surface area contributed by atoms with E-state index in [1.165, 1.54) is 17.2 Å². The summed E-state index contributed by atoms with van der Waals surface area (Å²) in [6, 6.07) is 10.6. The van der Waals surface area contributed by atoms with Crippen molar-refractivity contribution < 1.29 is 4.79 Å². The molecule has 0 bridgehead atoms. The Morgan fingerprint density at radius 1 is 1.32 bits per heavy atom. The van der Waals surface area contributed by atoms with Gasteiger partial charge in [0.25, 0.3) is 5.91 Å². The van der Waals surface area contributed by atoms with E-state index in [0.717, 1.165) is 5.69 Å². The Morgan fingerprint density at radius 3 is 2.84 bits per heavy atom. The Hall–Kier alpha value is -2.74. The van der Waals surface area contributed by atoms with E-state index in [0.29, 0.717) is 12.1 Å². The van der Waals surface area contributed by atoms with E-state index < -0.39 is 0 Å². The highest BCUT2D eigenvalue weighted by Crippen LogP contribution is 2.06. The fourth-order valence-corrected chi connectivity index (χ4v) is 1.62. The van der Waals surface area contributed by atoms with Gasteiger partial charge in [0.05, 0.1) is 23.9 Å². The molecular formula is C14H12N4O. The number of pyridine rings is 2. The summed E-state index contributed by atoms with van der Waals surface area (Å²) in [4.78, 5) is 21.8. The molecule has 0 spiro atoms. The maximum Gasteiger partial charge on any atom is 0.272 e. The summed E-state index contributed by atoms with van der Waals surface area (Å²) >= 11 is 0. The molecule has 2 aromatic rings. The molecule has 0 unspecified atom stereocenters. The summed E-state index contributed by atoms with van der Waals surface area (Å²) in [5, 5.41) is 8.80. The molecule has 0 aliphatic heterocycles. The summed E-state index contributed by atoms with van der Waals surface area (Å²) in [6.45, 7) is 0.401. The number of carbonyl (C=O) groups is 1. The van der Waals surface area contributed by atoms with Crippen LogP contribution in [0.4, 0.5) is 0 Å². The number of nitriles is 1. The number of hydrogen-bond donors (Lipinski definition) is 0. The molecule has 0 saturated carbocycles. The molecule has 0 atom stereocenters. The molecule has 0 N–H and O–H groups in total. The molecule has 5 heteroatoms. The van der Waals surface area contributed by atoms with Crippen molar-refractivity contribution in [3.05, 3.63) is 59.7 Å². The first kappa shape index (κ1) is 12.7. The van der Waals surface area contributed by atoms with Crippen molar-refractivity contribution in [2.75, 3.05) is 7.05 Å². The van der Waals surface area contributed by atoms with Crippen LogP contribution in [0.15, 0.2) is 42.7 Å². The summed E-state index contributed by atoms with van der Waals surface area (Å²) in [5.41, 5.74) is 1.48. The Kier molecular flexibility index (Phi) is 3.84. The second-order valence-corrected chi connectivity index (χ2v) is 4.02. The second-order valence-electron chi connectivity index (χ2n) is 4.02. The lowest BCUT2D eigenvalue weighted by atomic mass is 10.2. The number of nitrogens with zero attached hydrogens (tertiary/aromatic N) is 4. The number of carbonyl (C=O) groups excluding carboxylic acids is 1. The van der Waals surface area contributed by atoms with Crippen LogP contribution in [0, 0.1) is 11.3 Å². The molecule has 0 aliphatic carbocycles. The van der Waals surface area contributed by atoms with Crippen LogP contribution >= 0.6 is 0 Å². The van der Waals surface area contributed by atoms with Crippen LogP contribution in [0.1, 0.15) is 21.7 Å². The fraction of sp³-hybridized carbons (Fsp3) is 0.143. The first-order valence-electron chi connectivity index (χ1n) is 5.72. The molecule has 0 saturated heterocycles. The van der Waals surface area contributed by atoms with E-state index in [4.69, 9.17) is 5.26 Å². The monoisotopic (exact) mass is 252 g/mol. The van der Waals surface area contributed by atoms with Gasteiger partial charge < -0.3 is 4.90 Å². The van der Waals surface area contributed by atoms with E-state index in [9.17, 15) is 4.79 Å². The van der Waals surface area contributed by atoms with Gasteiger partial charge >= 0.3 is 0 Å². The van der Waals surface area contributed by atoms with E-state index in [2.05, 4.69) is 9.97 Å². The molecule has 19 heavy (non-hydrogen) atoms. The standard InChI is InChI=1S/C14H12N4O/c1-18(10-12-4-2-3-6-16-12)14(19)13-8-11(9-15)5-7-17-13/h2-8H,10H2,1H3. The van der Waals surface area contributed by atoms with Crippen LogP contribution in [0.3, 0.4) is 0 Å². The van der Waals surface area contributed by atoms with E-state index in [1.807, 2.05) is 24.3 Å². The van der Waals surface area contributed by atoms with Crippen LogP contribution in [0.2, 0.25) is 0 Å². The van der Waals surface area contributed by atoms with E-state index in [1.54, 1.807) is 19.3 Å². The number of hydrogen-bond acceptors (Lipinski definition) is 4. The van der Waals surface area contributed by atoms with Crippen molar-refractivity contribution in [3.63, 3.8) is 0 Å². The molecular weight excluding hydrogens is 240 g/mol. The predicted octanol–water partition coefficient (Wildman–Crippen LogP) is 1.62. The minimum Gasteiger partial charge on any atom is -0.334 e. The zero-order valence-corrected chi connectivity index (χ0v) is 10.4. The van der Waals surface area contributed by atoms with Gasteiger partial charge in [0, 0.05) is 19.4 Å². The molecule has 2 aromatic heterocycles. The first-order chi connectivity index (χ1) is 9.20. The van der Waals surface area contributed by atoms with Gasteiger partial charge in [-0.2, -0.15) is 5.26 Å². The number of rotatable bonds is 3. The minimum atomic E-state index is -0.234. The summed E-state index contributed by atoms with van der Waals surface area (Å²) in [7, 11) is 1.68. The highest BCUT2D eigenvalue weighted by atomic mass is 16.2. The smallest absolute Gasteiger partial charge is 0.272 e. The third kappa shape index (κ3) is 3.13. The van der Waals surface area contributed by atoms with Gasteiger partial charge in [-0.15, -0.1) is 0 Å². The Morgan fingerprint density at radius 2 is 2.16 bits per heavy atom. The van der Waals surface area contributed by atoms with Crippen LogP contribution in [-0.2, 0) is 6.54 Å². The predicted molar refractivity (Wildman–Crippen MR) is 69.0 cm³/mol. The summed E-state index contributed by atoms with van der Waals surface area (Å²) in [6.07, 6.45) is 3.14. The molecule has 0 aromatic carbocycles. The molecule has 0 radical (unpaired) electrons. The Labute approximate surface area is 111 Å². The molecule has 94 valence electrons. The van der Waals surface area contributed by atoms with Crippen LogP contribution < -0.4 is 0 Å². The summed E-state index contributed by atoms with van der Waals surface area (Å²) in [5.74, 6) is -0.234. The SMILES string of the molecule is CN(Cc1ccccn1)C(=O)c1cc(C#N)ccn1. The van der Waals surface area contributed by atoms with E-state index >= 15 is 0 Å². The number of aromatic nitrogens is 2. The lowest BCUT2D eigenvalue weighted by Crippen LogP contribution is -2.27. The zero-order chi connectivity index (χ0) is 13.7. The number of amides is 1. The van der Waals surface area contributed by atoms with Gasteiger partial charge in [0.1, 0.15) is 5.69 Å². The van der Waals surface area contributed by atoms with Crippen molar-refractivity contribution in [1.29, 1.82) is 5.26 Å². The maximum atomic E-state index is 12.1. The Bertz CT molecular complexity index is 619. The molecule has 1 amide bonds. The average Bonchev–Trinajstić information content (AvgIpc) is 2.47. The van der Waals surface area contributed by atoms with Crippen molar-refractivity contribution in [1.82, 2.24) is 14.9 Å². The molecule has 5 nitrogen and oxygen atoms in total. The Balaban J connectivity index is 2.13. The highest BCUT2D eigenvalue weighted by Gasteiger charge is 2.14. The molecule has 0 aliphatic rings. The third-order valence-electron chi connectivity index (χ3n) is 2.58. The van der Waals surface area contributed by atoms with E-state index in [-0.39, 0.29) is 11.6 Å². The third-order valence-corrected chi connectivity index (χ3v) is 2.58.